The minimum Gasteiger partial charge on any atom is -0.466 e. The molecule has 0 bridgehead atoms. The number of hydrogen-bond donors (Lipinski definition) is 0. The van der Waals surface area contributed by atoms with Gasteiger partial charge in [-0.25, -0.2) is 0 Å². The van der Waals surface area contributed by atoms with Gasteiger partial charge in [0.2, 0.25) is 0 Å². The molecule has 3 heteroatoms. The van der Waals surface area contributed by atoms with Crippen LogP contribution in [0.15, 0.2) is 0 Å². The highest BCUT2D eigenvalue weighted by Gasteiger charge is 2.28. The summed E-state index contributed by atoms with van der Waals surface area (Å²) in [6, 6.07) is 0. The van der Waals surface area contributed by atoms with E-state index in [0.717, 1.165) is 19.2 Å². The number of unbranched alkanes of at least 4 members (excludes halogenated alkanes) is 1. The SMILES string of the molecule is C[B]CCCCC(C)(C)C(=O)OCC. The van der Waals surface area contributed by atoms with Crippen molar-refractivity contribution in [1.82, 2.24) is 0 Å². The van der Waals surface area contributed by atoms with E-state index in [9.17, 15) is 4.79 Å². The third kappa shape index (κ3) is 5.30. The van der Waals surface area contributed by atoms with Crippen LogP contribution in [0.3, 0.4) is 0 Å². The van der Waals surface area contributed by atoms with Crippen LogP contribution in [0.25, 0.3) is 0 Å². The van der Waals surface area contributed by atoms with E-state index in [0.29, 0.717) is 6.61 Å². The first kappa shape index (κ1) is 13.5. The summed E-state index contributed by atoms with van der Waals surface area (Å²) in [5.41, 5.74) is -0.316. The Morgan fingerprint density at radius 1 is 1.36 bits per heavy atom. The average Bonchev–Trinajstić information content (AvgIpc) is 2.13. The van der Waals surface area contributed by atoms with Gasteiger partial charge >= 0.3 is 5.97 Å². The summed E-state index contributed by atoms with van der Waals surface area (Å²) in [7, 11) is 2.16. The van der Waals surface area contributed by atoms with Gasteiger partial charge in [-0.05, 0) is 27.2 Å². The zero-order chi connectivity index (χ0) is 11.0. The number of carbonyl (C=O) groups excluding carboxylic acids is 1. The molecule has 0 amide bonds. The van der Waals surface area contributed by atoms with Gasteiger partial charge in [0.05, 0.1) is 12.0 Å². The van der Waals surface area contributed by atoms with E-state index in [-0.39, 0.29) is 11.4 Å². The molecule has 0 aromatic rings. The van der Waals surface area contributed by atoms with E-state index in [4.69, 9.17) is 4.74 Å². The van der Waals surface area contributed by atoms with Gasteiger partial charge in [-0.1, -0.05) is 26.0 Å². The van der Waals surface area contributed by atoms with E-state index in [1.54, 1.807) is 0 Å². The number of rotatable bonds is 7. The fraction of sp³-hybridized carbons (Fsp3) is 0.909. The molecule has 1 radical (unpaired) electrons. The highest BCUT2D eigenvalue weighted by atomic mass is 16.5. The second kappa shape index (κ2) is 6.91. The summed E-state index contributed by atoms with van der Waals surface area (Å²) in [5, 5.41) is 0. The van der Waals surface area contributed by atoms with Crippen LogP contribution in [0.5, 0.6) is 0 Å². The van der Waals surface area contributed by atoms with Crippen molar-refractivity contribution < 1.29 is 9.53 Å². The Bertz CT molecular complexity index is 167. The summed E-state index contributed by atoms with van der Waals surface area (Å²) in [6.07, 6.45) is 4.31. The molecular weight excluding hydrogens is 175 g/mol. The van der Waals surface area contributed by atoms with E-state index < -0.39 is 0 Å². The van der Waals surface area contributed by atoms with Crippen molar-refractivity contribution in [3.8, 4) is 0 Å². The topological polar surface area (TPSA) is 26.3 Å². The number of carbonyl (C=O) groups is 1. The average molecular weight is 197 g/mol. The van der Waals surface area contributed by atoms with Crippen LogP contribution >= 0.6 is 0 Å². The maximum absolute atomic E-state index is 11.5. The zero-order valence-corrected chi connectivity index (χ0v) is 9.93. The lowest BCUT2D eigenvalue weighted by Crippen LogP contribution is -2.26. The summed E-state index contributed by atoms with van der Waals surface area (Å²) in [4.78, 5) is 11.5. The highest BCUT2D eigenvalue weighted by Crippen LogP contribution is 2.25. The molecule has 0 spiro atoms. The van der Waals surface area contributed by atoms with Crippen molar-refractivity contribution in [3.05, 3.63) is 0 Å². The first-order valence-corrected chi connectivity index (χ1v) is 5.49. The normalized spacial score (nSPS) is 11.1. The van der Waals surface area contributed by atoms with E-state index in [1.807, 2.05) is 20.8 Å². The minimum absolute atomic E-state index is 0.0690. The third-order valence-corrected chi connectivity index (χ3v) is 2.37. The Morgan fingerprint density at radius 3 is 2.50 bits per heavy atom. The van der Waals surface area contributed by atoms with Gasteiger partial charge in [-0.15, -0.1) is 0 Å². The lowest BCUT2D eigenvalue weighted by atomic mass is 9.75. The van der Waals surface area contributed by atoms with Gasteiger partial charge in [0.1, 0.15) is 7.28 Å². The molecule has 14 heavy (non-hydrogen) atoms. The maximum Gasteiger partial charge on any atom is 0.311 e. The molecule has 0 fully saturated rings. The molecule has 0 aliphatic rings. The molecule has 0 aromatic carbocycles. The molecule has 0 atom stereocenters. The third-order valence-electron chi connectivity index (χ3n) is 2.37. The van der Waals surface area contributed by atoms with E-state index >= 15 is 0 Å². The second-order valence-electron chi connectivity index (χ2n) is 4.26. The van der Waals surface area contributed by atoms with Crippen molar-refractivity contribution in [2.45, 2.75) is 53.2 Å². The fourth-order valence-electron chi connectivity index (χ4n) is 1.34. The Balaban J connectivity index is 3.76. The van der Waals surface area contributed by atoms with Crippen molar-refractivity contribution in [3.63, 3.8) is 0 Å². The monoisotopic (exact) mass is 197 g/mol. The first-order chi connectivity index (χ1) is 6.54. The molecule has 0 aliphatic carbocycles. The van der Waals surface area contributed by atoms with Gasteiger partial charge in [-0.3, -0.25) is 4.79 Å². The van der Waals surface area contributed by atoms with Crippen LogP contribution in [0.1, 0.15) is 40.0 Å². The maximum atomic E-state index is 11.5. The number of esters is 1. The molecule has 0 heterocycles. The fourth-order valence-corrected chi connectivity index (χ4v) is 1.34. The lowest BCUT2D eigenvalue weighted by Gasteiger charge is -2.21. The van der Waals surface area contributed by atoms with Crippen molar-refractivity contribution in [2.75, 3.05) is 6.61 Å². The summed E-state index contributed by atoms with van der Waals surface area (Å²) >= 11 is 0. The molecule has 0 saturated heterocycles. The minimum atomic E-state index is -0.316. The summed E-state index contributed by atoms with van der Waals surface area (Å²) in [6.45, 7) is 8.31. The lowest BCUT2D eigenvalue weighted by molar-refractivity contribution is -0.153. The van der Waals surface area contributed by atoms with Crippen LogP contribution < -0.4 is 0 Å². The molecule has 0 saturated carbocycles. The molecule has 0 rings (SSSR count). The zero-order valence-electron chi connectivity index (χ0n) is 9.93. The Kier molecular flexibility index (Phi) is 6.68. The van der Waals surface area contributed by atoms with Gasteiger partial charge in [-0.2, -0.15) is 0 Å². The predicted octanol–water partition coefficient (Wildman–Crippen LogP) is 2.92. The van der Waals surface area contributed by atoms with Crippen LogP contribution in [-0.4, -0.2) is 19.9 Å². The largest absolute Gasteiger partial charge is 0.466 e. The predicted molar refractivity (Wildman–Crippen MR) is 60.7 cm³/mol. The second-order valence-corrected chi connectivity index (χ2v) is 4.26. The number of ether oxygens (including phenoxy) is 1. The molecular formula is C11H22BO2. The smallest absolute Gasteiger partial charge is 0.311 e. The van der Waals surface area contributed by atoms with Crippen molar-refractivity contribution in [1.29, 1.82) is 0 Å². The van der Waals surface area contributed by atoms with Crippen LogP contribution in [0, 0.1) is 5.41 Å². The van der Waals surface area contributed by atoms with Gasteiger partial charge in [0.25, 0.3) is 0 Å². The quantitative estimate of drug-likeness (QED) is 0.356. The Labute approximate surface area is 88.7 Å². The van der Waals surface area contributed by atoms with E-state index in [2.05, 4.69) is 14.1 Å². The van der Waals surface area contributed by atoms with Crippen LogP contribution in [0.4, 0.5) is 0 Å². The summed E-state index contributed by atoms with van der Waals surface area (Å²) < 4.78 is 5.02. The number of hydrogen-bond acceptors (Lipinski definition) is 2. The molecule has 0 aliphatic heterocycles. The molecule has 2 nitrogen and oxygen atoms in total. The van der Waals surface area contributed by atoms with Gasteiger partial charge in [0.15, 0.2) is 0 Å². The van der Waals surface area contributed by atoms with Crippen molar-refractivity contribution in [2.24, 2.45) is 5.41 Å². The van der Waals surface area contributed by atoms with Crippen LogP contribution in [-0.2, 0) is 9.53 Å². The molecule has 0 aromatic heterocycles. The van der Waals surface area contributed by atoms with Gasteiger partial charge in [0, 0.05) is 0 Å². The van der Waals surface area contributed by atoms with Crippen LogP contribution in [0.2, 0.25) is 13.1 Å². The Hall–Kier alpha value is -0.465. The molecule has 81 valence electrons. The highest BCUT2D eigenvalue weighted by molar-refractivity contribution is 6.33. The van der Waals surface area contributed by atoms with Gasteiger partial charge < -0.3 is 4.74 Å². The summed E-state index contributed by atoms with van der Waals surface area (Å²) in [5.74, 6) is -0.0690. The Morgan fingerprint density at radius 2 is 2.00 bits per heavy atom. The first-order valence-electron chi connectivity index (χ1n) is 5.49. The standard InChI is InChI=1S/C11H22BO2/c1-5-14-10(13)11(2,3)8-6-7-9-12-4/h5-9H2,1-4H3. The van der Waals surface area contributed by atoms with Crippen molar-refractivity contribution >= 4 is 13.2 Å². The molecule has 0 N–H and O–H groups in total. The molecule has 0 unspecified atom stereocenters. The van der Waals surface area contributed by atoms with E-state index in [1.165, 1.54) is 6.42 Å².